The van der Waals surface area contributed by atoms with Gasteiger partial charge in [-0.2, -0.15) is 0 Å². The summed E-state index contributed by atoms with van der Waals surface area (Å²) in [6.07, 6.45) is 7.65. The molecule has 25 nitrogen and oxygen atoms in total. The molecule has 0 bridgehead atoms. The van der Waals surface area contributed by atoms with E-state index in [0.29, 0.717) is 97.5 Å². The number of aliphatic imine (C=N–C) groups is 1. The molecule has 0 saturated carbocycles. The number of aliphatic hydroxyl groups excluding tert-OH is 1. The molecule has 4 heterocycles. The van der Waals surface area contributed by atoms with Gasteiger partial charge < -0.3 is 78.8 Å². The predicted octanol–water partition coefficient (Wildman–Crippen LogP) is 6.13. The van der Waals surface area contributed by atoms with E-state index in [1.165, 1.54) is 38.2 Å². The number of rotatable bonds is 33. The topological polar surface area (TPSA) is 293 Å². The number of hydrogen-bond donors (Lipinski definition) is 5. The number of nitrogens with zero attached hydrogens (tertiary/aromatic N) is 4. The van der Waals surface area contributed by atoms with Gasteiger partial charge in [0.05, 0.1) is 119 Å². The molecule has 4 aliphatic heterocycles. The SMILES string of the molecule is C/C=C/C1=CN2C(=O)c3cc(OC)c(OCCCOc4cc5c(cc4OC)C(=O)N4C=C(C)C[C@H]4C=N5)cc3N(C(=O)OCc3ccc(NC(=O)[C@H](C)NC(=O)[C@@H](NC(=O)CCOCCOCCOCCOCCNC(=O)CI)C(C)C)cc3)[C@@H](O)[C@@H]2C1. The van der Waals surface area contributed by atoms with Crippen molar-refractivity contribution in [2.24, 2.45) is 10.9 Å². The van der Waals surface area contributed by atoms with Crippen molar-refractivity contribution in [1.82, 2.24) is 25.8 Å². The van der Waals surface area contributed by atoms with Crippen LogP contribution in [0.15, 0.2) is 89.2 Å². The van der Waals surface area contributed by atoms with Gasteiger partial charge in [0.15, 0.2) is 29.2 Å². The number of ether oxygens (including phenoxy) is 9. The molecule has 3 aromatic carbocycles. The van der Waals surface area contributed by atoms with Crippen LogP contribution in [0.4, 0.5) is 21.9 Å². The number of benzene rings is 3. The number of carbonyl (C=O) groups excluding carboxylic acids is 7. The summed E-state index contributed by atoms with van der Waals surface area (Å²) in [5.74, 6) is -1.37. The number of nitrogens with one attached hydrogen (secondary N) is 4. The predicted molar refractivity (Wildman–Crippen MR) is 333 cm³/mol. The van der Waals surface area contributed by atoms with E-state index in [0.717, 1.165) is 16.0 Å². The standard InChI is InChI=1S/C62H79IN8O17/c1-8-10-42-28-49-61(78)71(48-32-53(51(81-7)30-46(48)60(77)70(49)36-42)87-18-9-17-86-52-31-47-45(29-50(52)80-6)59(76)69-35-39(4)27-44(69)34-65-47)62(79)88-37-41-11-13-43(14-12-41)67-57(74)40(5)66-58(75)56(38(2)3)68-54(72)15-19-82-21-23-84-25-26-85-24-22-83-20-16-64-55(73)33-63/h8,10-14,29-32,34-36,38,40,44,49,56,61,78H,9,15-28,33,37H2,1-7H3,(H,64,73)(H,66,75)(H,67,74)(H,68,72)/b10-8+/t40-,44-,49-,56-,61-/m0/s1. The molecule has 0 saturated heterocycles. The number of hydrogen-bond acceptors (Lipinski definition) is 18. The summed E-state index contributed by atoms with van der Waals surface area (Å²) in [7, 11) is 2.91. The number of carbonyl (C=O) groups is 7. The van der Waals surface area contributed by atoms with Gasteiger partial charge in [-0.25, -0.2) is 9.69 Å². The van der Waals surface area contributed by atoms with E-state index in [4.69, 9.17) is 42.6 Å². The number of allylic oxidation sites excluding steroid dienone is 2. The second kappa shape index (κ2) is 33.6. The first-order chi connectivity index (χ1) is 42.4. The van der Waals surface area contributed by atoms with Gasteiger partial charge in [-0.3, -0.25) is 33.8 Å². The Bertz CT molecular complexity index is 3080. The molecular formula is C62H79IN8O17. The molecule has 0 unspecified atom stereocenters. The van der Waals surface area contributed by atoms with E-state index in [9.17, 15) is 38.7 Å². The maximum atomic E-state index is 14.4. The molecule has 5 N–H and O–H groups in total. The lowest BCUT2D eigenvalue weighted by atomic mass is 10.0. The molecule has 0 aliphatic carbocycles. The maximum Gasteiger partial charge on any atom is 0.416 e. The van der Waals surface area contributed by atoms with Crippen molar-refractivity contribution in [1.29, 1.82) is 0 Å². The molecule has 0 spiro atoms. The van der Waals surface area contributed by atoms with E-state index in [-0.39, 0.29) is 92.4 Å². The number of alkyl halides is 1. The van der Waals surface area contributed by atoms with Crippen LogP contribution in [0.25, 0.3) is 0 Å². The highest BCUT2D eigenvalue weighted by molar-refractivity contribution is 14.1. The van der Waals surface area contributed by atoms with Crippen LogP contribution in [0, 0.1) is 5.92 Å². The Morgan fingerprint density at radius 1 is 0.739 bits per heavy atom. The maximum absolute atomic E-state index is 14.4. The number of methoxy groups -OCH3 is 2. The van der Waals surface area contributed by atoms with Crippen molar-refractivity contribution < 1.29 is 81.3 Å². The third-order valence-corrected chi connectivity index (χ3v) is 15.1. The van der Waals surface area contributed by atoms with Gasteiger partial charge in [0.25, 0.3) is 11.8 Å². The smallest absolute Gasteiger partial charge is 0.416 e. The average molecular weight is 1340 g/mol. The van der Waals surface area contributed by atoms with Crippen molar-refractivity contribution in [2.75, 3.05) is 101 Å². The Balaban J connectivity index is 0.884. The van der Waals surface area contributed by atoms with Crippen molar-refractivity contribution in [3.05, 3.63) is 101 Å². The van der Waals surface area contributed by atoms with Crippen LogP contribution in [0.2, 0.25) is 0 Å². The van der Waals surface area contributed by atoms with Crippen LogP contribution in [-0.4, -0.2) is 184 Å². The first-order valence-corrected chi connectivity index (χ1v) is 30.6. The average Bonchev–Trinajstić information content (AvgIpc) is 1.82. The monoisotopic (exact) mass is 1330 g/mol. The second-order valence-electron chi connectivity index (χ2n) is 21.2. The normalized spacial score (nSPS) is 17.4. The first-order valence-electron chi connectivity index (χ1n) is 29.1. The molecule has 0 aromatic heterocycles. The molecule has 476 valence electrons. The summed E-state index contributed by atoms with van der Waals surface area (Å²) in [6.45, 7) is 11.9. The summed E-state index contributed by atoms with van der Waals surface area (Å²) in [6, 6.07) is 9.70. The van der Waals surface area contributed by atoms with Crippen LogP contribution < -0.4 is 45.1 Å². The Kier molecular flexibility index (Phi) is 25.9. The Morgan fingerprint density at radius 2 is 1.36 bits per heavy atom. The molecular weight excluding hydrogens is 1260 g/mol. The number of amides is 7. The minimum absolute atomic E-state index is 0.00186. The van der Waals surface area contributed by atoms with Crippen molar-refractivity contribution in [3.63, 3.8) is 0 Å². The molecule has 7 amide bonds. The quantitative estimate of drug-likeness (QED) is 0.0260. The van der Waals surface area contributed by atoms with Crippen molar-refractivity contribution in [2.45, 2.75) is 97.3 Å². The zero-order valence-electron chi connectivity index (χ0n) is 50.6. The van der Waals surface area contributed by atoms with Crippen LogP contribution in [-0.2, 0) is 49.5 Å². The third-order valence-electron chi connectivity index (χ3n) is 14.4. The Labute approximate surface area is 525 Å². The fourth-order valence-electron chi connectivity index (χ4n) is 9.81. The van der Waals surface area contributed by atoms with Crippen molar-refractivity contribution >= 4 is 87.4 Å². The lowest BCUT2D eigenvalue weighted by Crippen LogP contribution is -2.53. The van der Waals surface area contributed by atoms with Crippen molar-refractivity contribution in [3.8, 4) is 23.0 Å². The molecule has 0 fully saturated rings. The van der Waals surface area contributed by atoms with Crippen LogP contribution in [0.3, 0.4) is 0 Å². The summed E-state index contributed by atoms with van der Waals surface area (Å²) < 4.78 is 51.8. The highest BCUT2D eigenvalue weighted by Gasteiger charge is 2.45. The zero-order valence-corrected chi connectivity index (χ0v) is 52.8. The molecule has 0 radical (unpaired) electrons. The van der Waals surface area contributed by atoms with Gasteiger partial charge in [0.2, 0.25) is 23.6 Å². The van der Waals surface area contributed by atoms with E-state index in [1.807, 2.05) is 54.8 Å². The number of anilines is 2. The Morgan fingerprint density at radius 3 is 2.00 bits per heavy atom. The highest BCUT2D eigenvalue weighted by atomic mass is 127. The van der Waals surface area contributed by atoms with E-state index in [2.05, 4.69) is 26.3 Å². The second-order valence-corrected chi connectivity index (χ2v) is 22.0. The molecule has 7 rings (SSSR count). The fraction of sp³-hybridized carbons (Fsp3) is 0.484. The molecule has 26 heteroatoms. The van der Waals surface area contributed by atoms with Gasteiger partial charge in [-0.1, -0.05) is 66.3 Å². The lowest BCUT2D eigenvalue weighted by Gasteiger charge is -2.31. The fourth-order valence-corrected chi connectivity index (χ4v) is 10.1. The minimum atomic E-state index is -1.57. The van der Waals surface area contributed by atoms with Gasteiger partial charge >= 0.3 is 6.09 Å². The molecule has 5 atom stereocenters. The van der Waals surface area contributed by atoms with Crippen LogP contribution >= 0.6 is 22.6 Å². The third kappa shape index (κ3) is 18.5. The van der Waals surface area contributed by atoms with Crippen LogP contribution in [0.1, 0.15) is 86.6 Å². The van der Waals surface area contributed by atoms with Gasteiger partial charge in [-0.15, -0.1) is 0 Å². The zero-order chi connectivity index (χ0) is 63.3. The number of halogens is 1. The van der Waals surface area contributed by atoms with Crippen LogP contribution in [0.5, 0.6) is 23.0 Å². The lowest BCUT2D eigenvalue weighted by molar-refractivity contribution is -0.132. The molecule has 88 heavy (non-hydrogen) atoms. The summed E-state index contributed by atoms with van der Waals surface area (Å²) in [5, 5.41) is 23.0. The highest BCUT2D eigenvalue weighted by Crippen LogP contribution is 2.43. The van der Waals surface area contributed by atoms with E-state index < -0.39 is 54.1 Å². The summed E-state index contributed by atoms with van der Waals surface area (Å²) >= 11 is 1.99. The van der Waals surface area contributed by atoms with Gasteiger partial charge in [-0.05, 0) is 74.9 Å². The molecule has 3 aromatic rings. The summed E-state index contributed by atoms with van der Waals surface area (Å²) in [4.78, 5) is 102. The minimum Gasteiger partial charge on any atom is -0.493 e. The van der Waals surface area contributed by atoms with E-state index in [1.54, 1.807) is 67.6 Å². The van der Waals surface area contributed by atoms with Gasteiger partial charge in [0, 0.05) is 55.8 Å². The summed E-state index contributed by atoms with van der Waals surface area (Å²) in [5.41, 5.74) is 3.68. The Hall–Kier alpha value is -7.63. The molecule has 4 aliphatic rings. The van der Waals surface area contributed by atoms with Gasteiger partial charge in [0.1, 0.15) is 18.7 Å². The number of aliphatic hydroxyl groups is 1. The number of fused-ring (bicyclic) bond motifs is 4. The largest absolute Gasteiger partial charge is 0.493 e. The first kappa shape index (κ1) is 67.9. The van der Waals surface area contributed by atoms with E-state index >= 15 is 0 Å².